The molecule has 4 aliphatic rings. The summed E-state index contributed by atoms with van der Waals surface area (Å²) >= 11 is 0. The summed E-state index contributed by atoms with van der Waals surface area (Å²) in [6.45, 7) is 1.35. The number of rotatable bonds is 2. The molecule has 0 N–H and O–H groups in total. The molecular weight excluding hydrogens is 280 g/mol. The first-order valence-corrected chi connectivity index (χ1v) is 9.10. The van der Waals surface area contributed by atoms with Crippen LogP contribution in [0.3, 0.4) is 0 Å². The fourth-order valence-corrected chi connectivity index (χ4v) is 4.30. The van der Waals surface area contributed by atoms with E-state index in [9.17, 15) is 0 Å². The first-order chi connectivity index (χ1) is 10.8. The Hall–Kier alpha value is -0.420. The SMILES string of the molecule is C(=C\C1COC2(CCCCC2)O1)/C1COC2(CCCCC2)O1. The van der Waals surface area contributed by atoms with E-state index in [1.54, 1.807) is 0 Å². The molecule has 2 saturated heterocycles. The Morgan fingerprint density at radius 3 is 1.41 bits per heavy atom. The third kappa shape index (κ3) is 3.12. The van der Waals surface area contributed by atoms with Crippen LogP contribution in [-0.4, -0.2) is 37.0 Å². The van der Waals surface area contributed by atoms with E-state index in [0.29, 0.717) is 13.2 Å². The summed E-state index contributed by atoms with van der Waals surface area (Å²) in [5.74, 6) is -0.574. The smallest absolute Gasteiger partial charge is 0.169 e. The van der Waals surface area contributed by atoms with E-state index in [4.69, 9.17) is 18.9 Å². The lowest BCUT2D eigenvalue weighted by Crippen LogP contribution is -2.33. The molecule has 4 fully saturated rings. The average Bonchev–Trinajstić information content (AvgIpc) is 3.12. The Balaban J connectivity index is 1.30. The zero-order valence-corrected chi connectivity index (χ0v) is 13.4. The highest BCUT2D eigenvalue weighted by atomic mass is 16.7. The van der Waals surface area contributed by atoms with Crippen LogP contribution in [0.1, 0.15) is 64.2 Å². The van der Waals surface area contributed by atoms with Crippen LogP contribution in [0.25, 0.3) is 0 Å². The van der Waals surface area contributed by atoms with Crippen LogP contribution in [0.5, 0.6) is 0 Å². The highest BCUT2D eigenvalue weighted by molar-refractivity contribution is 5.01. The highest BCUT2D eigenvalue weighted by Crippen LogP contribution is 2.39. The van der Waals surface area contributed by atoms with Gasteiger partial charge in [0, 0.05) is 25.7 Å². The highest BCUT2D eigenvalue weighted by Gasteiger charge is 2.43. The zero-order valence-electron chi connectivity index (χ0n) is 13.4. The molecule has 2 saturated carbocycles. The molecule has 4 heteroatoms. The fourth-order valence-electron chi connectivity index (χ4n) is 4.30. The van der Waals surface area contributed by atoms with Crippen molar-refractivity contribution >= 4 is 0 Å². The van der Waals surface area contributed by atoms with Gasteiger partial charge in [0.1, 0.15) is 12.2 Å². The molecule has 2 spiro atoms. The Bertz CT molecular complexity index is 369. The van der Waals surface area contributed by atoms with Gasteiger partial charge in [0.25, 0.3) is 0 Å². The average molecular weight is 308 g/mol. The van der Waals surface area contributed by atoms with Gasteiger partial charge in [0.2, 0.25) is 0 Å². The van der Waals surface area contributed by atoms with E-state index < -0.39 is 0 Å². The lowest BCUT2D eigenvalue weighted by molar-refractivity contribution is -0.184. The molecule has 2 heterocycles. The third-order valence-corrected chi connectivity index (χ3v) is 5.52. The number of ether oxygens (including phenoxy) is 4. The molecule has 22 heavy (non-hydrogen) atoms. The molecule has 0 aromatic heterocycles. The first-order valence-electron chi connectivity index (χ1n) is 9.10. The summed E-state index contributed by atoms with van der Waals surface area (Å²) < 4.78 is 24.3. The minimum absolute atomic E-state index is 0.0737. The maximum absolute atomic E-state index is 6.18. The second kappa shape index (κ2) is 6.23. The van der Waals surface area contributed by atoms with Crippen LogP contribution in [0.4, 0.5) is 0 Å². The molecule has 2 aliphatic heterocycles. The summed E-state index contributed by atoms with van der Waals surface area (Å²) in [5.41, 5.74) is 0. The zero-order chi connectivity index (χ0) is 14.9. The molecule has 0 bridgehead atoms. The van der Waals surface area contributed by atoms with Gasteiger partial charge in [0.05, 0.1) is 13.2 Å². The van der Waals surface area contributed by atoms with Crippen molar-refractivity contribution in [1.29, 1.82) is 0 Å². The van der Waals surface area contributed by atoms with Crippen molar-refractivity contribution in [1.82, 2.24) is 0 Å². The monoisotopic (exact) mass is 308 g/mol. The molecule has 4 nitrogen and oxygen atoms in total. The van der Waals surface area contributed by atoms with E-state index in [0.717, 1.165) is 25.7 Å². The quantitative estimate of drug-likeness (QED) is 0.729. The minimum Gasteiger partial charge on any atom is -0.347 e. The Kier molecular flexibility index (Phi) is 4.29. The van der Waals surface area contributed by atoms with Crippen molar-refractivity contribution in [3.8, 4) is 0 Å². The van der Waals surface area contributed by atoms with Crippen LogP contribution in [0.15, 0.2) is 12.2 Å². The molecule has 4 rings (SSSR count). The van der Waals surface area contributed by atoms with Crippen molar-refractivity contribution < 1.29 is 18.9 Å². The second-order valence-corrected chi connectivity index (χ2v) is 7.26. The number of hydrogen-bond donors (Lipinski definition) is 0. The number of hydrogen-bond acceptors (Lipinski definition) is 4. The normalized spacial score (nSPS) is 37.5. The summed E-state index contributed by atoms with van der Waals surface area (Å²) in [6.07, 6.45) is 16.1. The lowest BCUT2D eigenvalue weighted by Gasteiger charge is -2.31. The van der Waals surface area contributed by atoms with E-state index in [-0.39, 0.29) is 23.8 Å². The Morgan fingerprint density at radius 1 is 0.591 bits per heavy atom. The molecule has 0 amide bonds. The van der Waals surface area contributed by atoms with E-state index in [1.165, 1.54) is 38.5 Å². The van der Waals surface area contributed by atoms with Gasteiger partial charge in [-0.1, -0.05) is 25.0 Å². The maximum atomic E-state index is 6.18. The van der Waals surface area contributed by atoms with Gasteiger partial charge in [-0.25, -0.2) is 0 Å². The van der Waals surface area contributed by atoms with Gasteiger partial charge in [-0.3, -0.25) is 0 Å². The largest absolute Gasteiger partial charge is 0.347 e. The Morgan fingerprint density at radius 2 is 1.00 bits per heavy atom. The molecular formula is C18H28O4. The predicted molar refractivity (Wildman–Crippen MR) is 82.4 cm³/mol. The first kappa shape index (κ1) is 15.1. The molecule has 2 unspecified atom stereocenters. The van der Waals surface area contributed by atoms with Crippen molar-refractivity contribution in [3.63, 3.8) is 0 Å². The molecule has 0 aromatic carbocycles. The second-order valence-electron chi connectivity index (χ2n) is 7.26. The maximum Gasteiger partial charge on any atom is 0.169 e. The van der Waals surface area contributed by atoms with Crippen LogP contribution in [-0.2, 0) is 18.9 Å². The Labute approximate surface area is 133 Å². The van der Waals surface area contributed by atoms with Crippen LogP contribution in [0, 0.1) is 0 Å². The van der Waals surface area contributed by atoms with Gasteiger partial charge in [-0.05, 0) is 25.7 Å². The molecule has 2 atom stereocenters. The molecule has 0 aromatic rings. The van der Waals surface area contributed by atoms with Crippen LogP contribution >= 0.6 is 0 Å². The van der Waals surface area contributed by atoms with E-state index in [2.05, 4.69) is 12.2 Å². The van der Waals surface area contributed by atoms with Gasteiger partial charge in [0.15, 0.2) is 11.6 Å². The van der Waals surface area contributed by atoms with Gasteiger partial charge in [-0.2, -0.15) is 0 Å². The summed E-state index contributed by atoms with van der Waals surface area (Å²) in [4.78, 5) is 0. The van der Waals surface area contributed by atoms with Crippen molar-refractivity contribution in [3.05, 3.63) is 12.2 Å². The topological polar surface area (TPSA) is 36.9 Å². The van der Waals surface area contributed by atoms with Crippen LogP contribution in [0.2, 0.25) is 0 Å². The molecule has 2 aliphatic carbocycles. The molecule has 0 radical (unpaired) electrons. The predicted octanol–water partition coefficient (Wildman–Crippen LogP) is 3.69. The van der Waals surface area contributed by atoms with Gasteiger partial charge in [-0.15, -0.1) is 0 Å². The van der Waals surface area contributed by atoms with Crippen molar-refractivity contribution in [2.75, 3.05) is 13.2 Å². The molecule has 124 valence electrons. The summed E-state index contributed by atoms with van der Waals surface area (Å²) in [7, 11) is 0. The standard InChI is InChI=1S/C18H28O4/c1-3-9-17(10-4-1)19-13-15(21-17)7-8-16-14-20-18(22-16)11-5-2-6-12-18/h7-8,15-16H,1-6,9-14H2/b8-7+. The fraction of sp³-hybridized carbons (Fsp3) is 0.889. The lowest BCUT2D eigenvalue weighted by atomic mass is 9.94. The third-order valence-electron chi connectivity index (χ3n) is 5.52. The minimum atomic E-state index is -0.287. The summed E-state index contributed by atoms with van der Waals surface area (Å²) in [6, 6.07) is 0. The summed E-state index contributed by atoms with van der Waals surface area (Å²) in [5, 5.41) is 0. The van der Waals surface area contributed by atoms with Crippen molar-refractivity contribution in [2.24, 2.45) is 0 Å². The van der Waals surface area contributed by atoms with E-state index >= 15 is 0 Å². The van der Waals surface area contributed by atoms with Crippen LogP contribution < -0.4 is 0 Å². The van der Waals surface area contributed by atoms with Crippen molar-refractivity contribution in [2.45, 2.75) is 88.0 Å². The van der Waals surface area contributed by atoms with E-state index in [1.807, 2.05) is 0 Å². The van der Waals surface area contributed by atoms with Gasteiger partial charge < -0.3 is 18.9 Å². The van der Waals surface area contributed by atoms with Gasteiger partial charge >= 0.3 is 0 Å².